The van der Waals surface area contributed by atoms with Crippen molar-refractivity contribution in [1.82, 2.24) is 9.88 Å². The molecule has 6 nitrogen and oxygen atoms in total. The monoisotopic (exact) mass is 266 g/mol. The van der Waals surface area contributed by atoms with Crippen LogP contribution in [0.25, 0.3) is 0 Å². The number of hydrogen-bond donors (Lipinski definition) is 1. The number of hydrogen-bond acceptors (Lipinski definition) is 4. The van der Waals surface area contributed by atoms with Crippen LogP contribution in [0.15, 0.2) is 18.3 Å². The molecule has 0 aliphatic heterocycles. The Labute approximate surface area is 112 Å². The van der Waals surface area contributed by atoms with Crippen LogP contribution in [0.4, 0.5) is 0 Å². The minimum Gasteiger partial charge on any atom is -0.480 e. The van der Waals surface area contributed by atoms with E-state index in [-0.39, 0.29) is 6.10 Å². The lowest BCUT2D eigenvalue weighted by atomic mass is 10.2. The molecular formula is C13H18N2O4. The van der Waals surface area contributed by atoms with E-state index in [0.717, 1.165) is 4.90 Å². The van der Waals surface area contributed by atoms with Crippen molar-refractivity contribution in [2.24, 2.45) is 0 Å². The van der Waals surface area contributed by atoms with Gasteiger partial charge in [-0.1, -0.05) is 0 Å². The maximum absolute atomic E-state index is 12.0. The summed E-state index contributed by atoms with van der Waals surface area (Å²) >= 11 is 0. The number of likely N-dealkylation sites (N-methyl/N-ethyl adjacent to an activating group) is 1. The number of carboxylic acid groups (broad SMARTS) is 1. The molecule has 1 amide bonds. The first kappa shape index (κ1) is 14.9. The number of ether oxygens (including phenoxy) is 1. The number of carbonyl (C=O) groups is 2. The summed E-state index contributed by atoms with van der Waals surface area (Å²) in [5, 5.41) is 8.86. The average Bonchev–Trinajstić information content (AvgIpc) is 2.36. The van der Waals surface area contributed by atoms with Crippen LogP contribution in [-0.2, 0) is 4.79 Å². The first-order chi connectivity index (χ1) is 8.82. The quantitative estimate of drug-likeness (QED) is 0.871. The molecule has 1 rings (SSSR count). The van der Waals surface area contributed by atoms with Crippen LogP contribution in [0.5, 0.6) is 5.88 Å². The molecule has 0 aromatic carbocycles. The van der Waals surface area contributed by atoms with Crippen molar-refractivity contribution in [3.8, 4) is 5.88 Å². The number of rotatable bonds is 5. The molecular weight excluding hydrogens is 248 g/mol. The van der Waals surface area contributed by atoms with E-state index in [1.54, 1.807) is 12.1 Å². The van der Waals surface area contributed by atoms with Crippen LogP contribution in [-0.4, -0.2) is 46.1 Å². The molecule has 0 radical (unpaired) electrons. The molecule has 19 heavy (non-hydrogen) atoms. The highest BCUT2D eigenvalue weighted by Crippen LogP contribution is 2.12. The summed E-state index contributed by atoms with van der Waals surface area (Å²) in [5.41, 5.74) is 0.326. The fraction of sp³-hybridized carbons (Fsp3) is 0.462. The van der Waals surface area contributed by atoms with Gasteiger partial charge in [0.05, 0.1) is 11.7 Å². The van der Waals surface area contributed by atoms with Gasteiger partial charge in [-0.05, 0) is 26.8 Å². The minimum absolute atomic E-state index is 0.00348. The Balaban J connectivity index is 2.80. The zero-order valence-corrected chi connectivity index (χ0v) is 11.5. The largest absolute Gasteiger partial charge is 0.480 e. The maximum Gasteiger partial charge on any atom is 0.326 e. The van der Waals surface area contributed by atoms with E-state index in [9.17, 15) is 9.59 Å². The fourth-order valence-corrected chi connectivity index (χ4v) is 1.36. The first-order valence-corrected chi connectivity index (χ1v) is 5.95. The van der Waals surface area contributed by atoms with Crippen LogP contribution in [0.1, 0.15) is 31.1 Å². The number of carboxylic acids is 1. The van der Waals surface area contributed by atoms with E-state index in [4.69, 9.17) is 9.84 Å². The Bertz CT molecular complexity index is 456. The van der Waals surface area contributed by atoms with Crippen LogP contribution in [0.3, 0.4) is 0 Å². The van der Waals surface area contributed by atoms with Crippen molar-refractivity contribution < 1.29 is 19.4 Å². The Morgan fingerprint density at radius 3 is 2.37 bits per heavy atom. The fourth-order valence-electron chi connectivity index (χ4n) is 1.36. The smallest absolute Gasteiger partial charge is 0.326 e. The van der Waals surface area contributed by atoms with Gasteiger partial charge in [0.2, 0.25) is 5.88 Å². The summed E-state index contributed by atoms with van der Waals surface area (Å²) in [6, 6.07) is 2.27. The van der Waals surface area contributed by atoms with Gasteiger partial charge < -0.3 is 14.7 Å². The van der Waals surface area contributed by atoms with E-state index in [0.29, 0.717) is 11.4 Å². The first-order valence-electron chi connectivity index (χ1n) is 5.95. The molecule has 1 atom stereocenters. The molecule has 1 heterocycles. The second-order valence-electron chi connectivity index (χ2n) is 4.48. The van der Waals surface area contributed by atoms with Crippen molar-refractivity contribution in [2.45, 2.75) is 32.9 Å². The van der Waals surface area contributed by atoms with Gasteiger partial charge >= 0.3 is 5.97 Å². The summed E-state index contributed by atoms with van der Waals surface area (Å²) in [6.45, 7) is 5.20. The van der Waals surface area contributed by atoms with Crippen molar-refractivity contribution in [3.05, 3.63) is 23.9 Å². The molecule has 0 saturated heterocycles. The van der Waals surface area contributed by atoms with Crippen molar-refractivity contribution in [2.75, 3.05) is 7.05 Å². The van der Waals surface area contributed by atoms with Crippen molar-refractivity contribution >= 4 is 11.9 Å². The summed E-state index contributed by atoms with van der Waals surface area (Å²) < 4.78 is 5.36. The molecule has 0 saturated carbocycles. The van der Waals surface area contributed by atoms with Gasteiger partial charge in [0.15, 0.2) is 0 Å². The molecule has 1 N–H and O–H groups in total. The number of nitrogens with zero attached hydrogens (tertiary/aromatic N) is 2. The molecule has 0 fully saturated rings. The summed E-state index contributed by atoms with van der Waals surface area (Å²) in [4.78, 5) is 28.0. The highest BCUT2D eigenvalue weighted by molar-refractivity contribution is 5.96. The van der Waals surface area contributed by atoms with E-state index in [1.807, 2.05) is 13.8 Å². The van der Waals surface area contributed by atoms with Crippen LogP contribution in [0, 0.1) is 0 Å². The lowest BCUT2D eigenvalue weighted by molar-refractivity contribution is -0.141. The van der Waals surface area contributed by atoms with Gasteiger partial charge in [-0.3, -0.25) is 4.79 Å². The third-order valence-electron chi connectivity index (χ3n) is 2.60. The number of carbonyl (C=O) groups excluding carboxylic acids is 1. The molecule has 104 valence electrons. The Hall–Kier alpha value is -2.11. The van der Waals surface area contributed by atoms with E-state index in [2.05, 4.69) is 4.98 Å². The molecule has 0 aliphatic carbocycles. The Morgan fingerprint density at radius 1 is 1.32 bits per heavy atom. The Morgan fingerprint density at radius 2 is 1.95 bits per heavy atom. The van der Waals surface area contributed by atoms with Crippen LogP contribution >= 0.6 is 0 Å². The highest BCUT2D eigenvalue weighted by atomic mass is 16.5. The number of aromatic nitrogens is 1. The van der Waals surface area contributed by atoms with E-state index < -0.39 is 17.9 Å². The molecule has 1 unspecified atom stereocenters. The summed E-state index contributed by atoms with van der Waals surface area (Å²) in [5.74, 6) is -1.01. The van der Waals surface area contributed by atoms with Crippen molar-refractivity contribution in [3.63, 3.8) is 0 Å². The standard InChI is InChI=1S/C13H18N2O4/c1-8(2)19-11-6-5-10(7-14-11)12(16)15(4)9(3)13(17)18/h5-9H,1-4H3,(H,17,18). The lowest BCUT2D eigenvalue weighted by Gasteiger charge is -2.21. The zero-order chi connectivity index (χ0) is 14.6. The molecule has 1 aromatic heterocycles. The van der Waals surface area contributed by atoms with E-state index in [1.165, 1.54) is 20.2 Å². The SMILES string of the molecule is CC(C)Oc1ccc(C(=O)N(C)C(C)C(=O)O)cn1. The van der Waals surface area contributed by atoms with Crippen LogP contribution in [0.2, 0.25) is 0 Å². The third kappa shape index (κ3) is 3.94. The molecule has 0 spiro atoms. The number of amides is 1. The maximum atomic E-state index is 12.0. The summed E-state index contributed by atoms with van der Waals surface area (Å²) in [6.07, 6.45) is 1.38. The van der Waals surface area contributed by atoms with Gasteiger partial charge in [0, 0.05) is 19.3 Å². The molecule has 0 aliphatic rings. The highest BCUT2D eigenvalue weighted by Gasteiger charge is 2.22. The Kier molecular flexibility index (Phi) is 4.86. The predicted octanol–water partition coefficient (Wildman–Crippen LogP) is 1.41. The lowest BCUT2D eigenvalue weighted by Crippen LogP contribution is -2.40. The van der Waals surface area contributed by atoms with Gasteiger partial charge in [-0.2, -0.15) is 0 Å². The van der Waals surface area contributed by atoms with Gasteiger partial charge in [0.25, 0.3) is 5.91 Å². The van der Waals surface area contributed by atoms with Crippen molar-refractivity contribution in [1.29, 1.82) is 0 Å². The normalized spacial score (nSPS) is 12.1. The number of pyridine rings is 1. The zero-order valence-electron chi connectivity index (χ0n) is 11.5. The van der Waals surface area contributed by atoms with Gasteiger partial charge in [0.1, 0.15) is 6.04 Å². The second-order valence-corrected chi connectivity index (χ2v) is 4.48. The molecule has 1 aromatic rings. The van der Waals surface area contributed by atoms with Gasteiger partial charge in [-0.15, -0.1) is 0 Å². The summed E-state index contributed by atoms with van der Waals surface area (Å²) in [7, 11) is 1.44. The predicted molar refractivity (Wildman–Crippen MR) is 69.2 cm³/mol. The molecule has 0 bridgehead atoms. The topological polar surface area (TPSA) is 79.7 Å². The minimum atomic E-state index is -1.05. The third-order valence-corrected chi connectivity index (χ3v) is 2.60. The van der Waals surface area contributed by atoms with Crippen LogP contribution < -0.4 is 4.74 Å². The second kappa shape index (κ2) is 6.17. The van der Waals surface area contributed by atoms with E-state index >= 15 is 0 Å². The van der Waals surface area contributed by atoms with Gasteiger partial charge in [-0.25, -0.2) is 9.78 Å². The number of aliphatic carboxylic acids is 1. The average molecular weight is 266 g/mol. The molecule has 6 heteroatoms.